The maximum atomic E-state index is 12.0. The van der Waals surface area contributed by atoms with E-state index in [9.17, 15) is 9.59 Å². The van der Waals surface area contributed by atoms with Crippen molar-refractivity contribution in [2.45, 2.75) is 58.5 Å². The lowest BCUT2D eigenvalue weighted by molar-refractivity contribution is -0.140. The largest absolute Gasteiger partial charge is 0.481 e. The number of carbonyl (C=O) groups excluding carboxylic acids is 1. The molecule has 107 valence electrons. The Bertz CT molecular complexity index is 403. The number of amides is 1. The molecule has 0 spiro atoms. The summed E-state index contributed by atoms with van der Waals surface area (Å²) in [5.74, 6) is -0.918. The van der Waals surface area contributed by atoms with Crippen molar-refractivity contribution in [1.29, 1.82) is 0 Å². The zero-order valence-corrected chi connectivity index (χ0v) is 11.8. The van der Waals surface area contributed by atoms with Crippen LogP contribution in [0.4, 0.5) is 0 Å². The molecule has 0 aromatic heterocycles. The quantitative estimate of drug-likeness (QED) is 0.798. The van der Waals surface area contributed by atoms with Gasteiger partial charge in [-0.2, -0.15) is 0 Å². The van der Waals surface area contributed by atoms with Gasteiger partial charge in [-0.1, -0.05) is 20.8 Å². The normalized spacial score (nSPS) is 37.1. The molecule has 2 fully saturated rings. The number of carbonyl (C=O) groups is 2. The summed E-state index contributed by atoms with van der Waals surface area (Å²) in [6.07, 6.45) is 3.05. The third-order valence-electron chi connectivity index (χ3n) is 5.16. The number of rotatable bonds is 4. The van der Waals surface area contributed by atoms with E-state index in [1.54, 1.807) is 0 Å². The Balaban J connectivity index is 2.06. The molecule has 5 heteroatoms. The topological polar surface area (TPSA) is 94.5 Å². The highest BCUT2D eigenvalue weighted by atomic mass is 16.4. The van der Waals surface area contributed by atoms with Gasteiger partial charge < -0.3 is 10.8 Å². The predicted molar refractivity (Wildman–Crippen MR) is 70.4 cm³/mol. The Morgan fingerprint density at radius 2 is 2.05 bits per heavy atom. The average Bonchev–Trinajstić information content (AvgIpc) is 2.74. The van der Waals surface area contributed by atoms with Gasteiger partial charge in [0.15, 0.2) is 0 Å². The summed E-state index contributed by atoms with van der Waals surface area (Å²) in [4.78, 5) is 22.6. The van der Waals surface area contributed by atoms with Crippen molar-refractivity contribution in [3.63, 3.8) is 0 Å². The minimum absolute atomic E-state index is 0.00556. The van der Waals surface area contributed by atoms with Crippen molar-refractivity contribution < 1.29 is 14.7 Å². The molecule has 5 nitrogen and oxygen atoms in total. The lowest BCUT2D eigenvalue weighted by atomic mass is 9.68. The van der Waals surface area contributed by atoms with Gasteiger partial charge in [-0.15, -0.1) is 0 Å². The first-order chi connectivity index (χ1) is 8.67. The molecule has 0 saturated heterocycles. The Hall–Kier alpha value is -1.10. The maximum absolute atomic E-state index is 12.0. The van der Waals surface area contributed by atoms with Crippen LogP contribution in [0.2, 0.25) is 0 Å². The van der Waals surface area contributed by atoms with Crippen LogP contribution in [0.5, 0.6) is 0 Å². The van der Waals surface area contributed by atoms with Gasteiger partial charge in [0.1, 0.15) is 0 Å². The fourth-order valence-corrected chi connectivity index (χ4v) is 4.10. The molecule has 2 saturated carbocycles. The fraction of sp³-hybridized carbons (Fsp3) is 0.857. The van der Waals surface area contributed by atoms with E-state index in [1.165, 1.54) is 6.42 Å². The summed E-state index contributed by atoms with van der Waals surface area (Å²) in [5.41, 5.74) is 5.68. The number of fused-ring (bicyclic) bond motifs is 2. The second-order valence-electron chi connectivity index (χ2n) is 6.99. The Kier molecular flexibility index (Phi) is 3.37. The van der Waals surface area contributed by atoms with E-state index in [2.05, 4.69) is 26.1 Å². The molecule has 19 heavy (non-hydrogen) atoms. The van der Waals surface area contributed by atoms with Gasteiger partial charge in [-0.05, 0) is 36.0 Å². The van der Waals surface area contributed by atoms with Crippen LogP contribution < -0.4 is 11.1 Å². The molecule has 0 aromatic rings. The molecule has 0 aromatic carbocycles. The van der Waals surface area contributed by atoms with Gasteiger partial charge >= 0.3 is 5.97 Å². The van der Waals surface area contributed by atoms with Crippen molar-refractivity contribution in [2.24, 2.45) is 22.5 Å². The van der Waals surface area contributed by atoms with Crippen molar-refractivity contribution in [3.8, 4) is 0 Å². The monoisotopic (exact) mass is 267 g/mol. The summed E-state index contributed by atoms with van der Waals surface area (Å²) in [6, 6.07) is -1.05. The Morgan fingerprint density at radius 1 is 1.42 bits per heavy atom. The van der Waals surface area contributed by atoms with Crippen LogP contribution in [-0.4, -0.2) is 29.1 Å². The second-order valence-corrected chi connectivity index (χ2v) is 6.99. The van der Waals surface area contributed by atoms with Gasteiger partial charge in [0.2, 0.25) is 0 Å². The van der Waals surface area contributed by atoms with E-state index in [0.717, 1.165) is 12.8 Å². The summed E-state index contributed by atoms with van der Waals surface area (Å²) < 4.78 is 0. The molecule has 4 atom stereocenters. The molecular weight excluding hydrogens is 244 g/mol. The van der Waals surface area contributed by atoms with Gasteiger partial charge in [0, 0.05) is 0 Å². The minimum atomic E-state index is -1.06. The van der Waals surface area contributed by atoms with Crippen molar-refractivity contribution in [2.75, 3.05) is 0 Å². The van der Waals surface area contributed by atoms with Crippen molar-refractivity contribution in [1.82, 2.24) is 5.32 Å². The molecular formula is C14H23N2O3. The first-order valence-electron chi connectivity index (χ1n) is 6.89. The average molecular weight is 267 g/mol. The number of nitrogens with zero attached hydrogens (tertiary/aromatic N) is 1. The lowest BCUT2D eigenvalue weighted by Gasteiger charge is -2.41. The van der Waals surface area contributed by atoms with E-state index < -0.39 is 17.9 Å². The third-order valence-corrected chi connectivity index (χ3v) is 5.16. The number of hydrogen-bond acceptors (Lipinski definition) is 3. The van der Waals surface area contributed by atoms with Crippen LogP contribution >= 0.6 is 0 Å². The molecule has 3 unspecified atom stereocenters. The van der Waals surface area contributed by atoms with Gasteiger partial charge in [0.25, 0.3) is 5.91 Å². The standard InChI is InChI=1S/C14H23N2O3/c1-13(2)8-4-5-14(3,7-8)12(13)16-11(19)9(15)6-10(17)18/h8-9,12H,4-7,15H2,1-3H3,(H,17,18)/t8?,9-,12?,14?/m0/s1. The van der Waals surface area contributed by atoms with E-state index in [1.807, 2.05) is 0 Å². The van der Waals surface area contributed by atoms with Crippen molar-refractivity contribution >= 4 is 11.9 Å². The van der Waals surface area contributed by atoms with E-state index in [0.29, 0.717) is 5.92 Å². The van der Waals surface area contributed by atoms with Gasteiger partial charge in [0.05, 0.1) is 18.5 Å². The first-order valence-corrected chi connectivity index (χ1v) is 6.89. The van der Waals surface area contributed by atoms with Crippen LogP contribution in [0.15, 0.2) is 0 Å². The van der Waals surface area contributed by atoms with E-state index in [4.69, 9.17) is 10.8 Å². The number of carboxylic acids is 1. The molecule has 2 aliphatic carbocycles. The molecule has 0 heterocycles. The van der Waals surface area contributed by atoms with Crippen LogP contribution in [-0.2, 0) is 9.59 Å². The third kappa shape index (κ3) is 2.36. The summed E-state index contributed by atoms with van der Waals surface area (Å²) >= 11 is 0. The van der Waals surface area contributed by atoms with Gasteiger partial charge in [-0.25, -0.2) is 5.32 Å². The SMILES string of the molecule is CC12CCC(C1)C(C)(C)C2[N]C(=O)[C@@H](N)CC(=O)O. The molecule has 2 rings (SSSR count). The van der Waals surface area contributed by atoms with Crippen LogP contribution in [0.25, 0.3) is 0 Å². The molecule has 3 N–H and O–H groups in total. The predicted octanol–water partition coefficient (Wildman–Crippen LogP) is 1.13. The summed E-state index contributed by atoms with van der Waals surface area (Å²) in [6.45, 7) is 6.50. The summed E-state index contributed by atoms with van der Waals surface area (Å²) in [5, 5.41) is 13.0. The van der Waals surface area contributed by atoms with Crippen LogP contribution in [0, 0.1) is 16.7 Å². The highest BCUT2D eigenvalue weighted by Gasteiger charge is 2.60. The number of nitrogens with two attached hydrogens (primary N) is 1. The minimum Gasteiger partial charge on any atom is -0.481 e. The molecule has 2 aliphatic rings. The zero-order valence-electron chi connectivity index (χ0n) is 11.8. The number of hydrogen-bond donors (Lipinski definition) is 2. The summed E-state index contributed by atoms with van der Waals surface area (Å²) in [7, 11) is 0. The van der Waals surface area contributed by atoms with Gasteiger partial charge in [-0.3, -0.25) is 9.59 Å². The first kappa shape index (κ1) is 14.3. The second kappa shape index (κ2) is 4.47. The van der Waals surface area contributed by atoms with E-state index >= 15 is 0 Å². The fourth-order valence-electron chi connectivity index (χ4n) is 4.10. The molecule has 2 bridgehead atoms. The lowest BCUT2D eigenvalue weighted by Crippen LogP contribution is -2.52. The van der Waals surface area contributed by atoms with Crippen molar-refractivity contribution in [3.05, 3.63) is 0 Å². The van der Waals surface area contributed by atoms with Crippen LogP contribution in [0.3, 0.4) is 0 Å². The zero-order chi connectivity index (χ0) is 14.4. The van der Waals surface area contributed by atoms with E-state index in [-0.39, 0.29) is 23.3 Å². The number of aliphatic carboxylic acids is 1. The highest BCUT2D eigenvalue weighted by molar-refractivity contribution is 5.86. The Labute approximate surface area is 113 Å². The Morgan fingerprint density at radius 3 is 2.53 bits per heavy atom. The smallest absolute Gasteiger partial charge is 0.305 e. The number of carboxylic acid groups (broad SMARTS) is 1. The molecule has 1 radical (unpaired) electrons. The molecule has 1 amide bonds. The highest BCUT2D eigenvalue weighted by Crippen LogP contribution is 2.62. The maximum Gasteiger partial charge on any atom is 0.305 e. The van der Waals surface area contributed by atoms with Crippen LogP contribution in [0.1, 0.15) is 46.5 Å². The molecule has 0 aliphatic heterocycles.